The van der Waals surface area contributed by atoms with E-state index in [0.29, 0.717) is 11.4 Å². The number of aromatic nitrogens is 1. The lowest BCUT2D eigenvalue weighted by Gasteiger charge is -1.98. The Morgan fingerprint density at radius 3 is 3.07 bits per heavy atom. The molecule has 0 bridgehead atoms. The third-order valence-electron chi connectivity index (χ3n) is 1.56. The van der Waals surface area contributed by atoms with Crippen LogP contribution in [0, 0.1) is 0 Å². The summed E-state index contributed by atoms with van der Waals surface area (Å²) in [4.78, 5) is 15.2. The molecule has 0 aliphatic carbocycles. The van der Waals surface area contributed by atoms with Crippen LogP contribution in [0.3, 0.4) is 0 Å². The van der Waals surface area contributed by atoms with Gasteiger partial charge in [0.05, 0.1) is 12.8 Å². The van der Waals surface area contributed by atoms with Crippen LogP contribution in [0.15, 0.2) is 24.3 Å². The fourth-order valence-corrected chi connectivity index (χ4v) is 1.04. The number of pyridine rings is 1. The highest BCUT2D eigenvalue weighted by Crippen LogP contribution is 2.03. The van der Waals surface area contributed by atoms with Crippen LogP contribution < -0.4 is 0 Å². The molecular weight excluding hydrogens is 198 g/mol. The van der Waals surface area contributed by atoms with E-state index >= 15 is 0 Å². The lowest BCUT2D eigenvalue weighted by atomic mass is 10.3. The van der Waals surface area contributed by atoms with Gasteiger partial charge in [0.2, 0.25) is 0 Å². The number of methoxy groups -OCH3 is 1. The van der Waals surface area contributed by atoms with Gasteiger partial charge < -0.3 is 4.74 Å². The number of thiol groups is 1. The molecule has 1 aromatic heterocycles. The number of esters is 1. The monoisotopic (exact) mass is 209 g/mol. The van der Waals surface area contributed by atoms with Crippen LogP contribution in [0.5, 0.6) is 0 Å². The van der Waals surface area contributed by atoms with E-state index < -0.39 is 5.97 Å². The molecule has 74 valence electrons. The molecule has 1 aromatic rings. The second-order valence-corrected chi connectivity index (χ2v) is 2.89. The number of ether oxygens (including phenoxy) is 1. The number of carbonyl (C=O) groups excluding carboxylic acids is 1. The number of hydrogen-bond donors (Lipinski definition) is 1. The predicted octanol–water partition coefficient (Wildman–Crippen LogP) is 1.81. The van der Waals surface area contributed by atoms with Gasteiger partial charge in [-0.1, -0.05) is 12.1 Å². The normalized spacial score (nSPS) is 10.4. The summed E-state index contributed by atoms with van der Waals surface area (Å²) < 4.78 is 4.56. The largest absolute Gasteiger partial charge is 0.464 e. The van der Waals surface area contributed by atoms with Crippen molar-refractivity contribution >= 4 is 24.7 Å². The van der Waals surface area contributed by atoms with Gasteiger partial charge in [0.1, 0.15) is 5.69 Å². The highest BCUT2D eigenvalue weighted by Gasteiger charge is 2.05. The maximum absolute atomic E-state index is 11.1. The lowest BCUT2D eigenvalue weighted by Crippen LogP contribution is -2.04. The molecule has 1 rings (SSSR count). The molecule has 1 heterocycles. The molecule has 0 aliphatic rings. The van der Waals surface area contributed by atoms with Gasteiger partial charge in [-0.3, -0.25) is 0 Å². The average Bonchev–Trinajstić information content (AvgIpc) is 2.25. The van der Waals surface area contributed by atoms with E-state index in [2.05, 4.69) is 22.3 Å². The number of hydrogen-bond acceptors (Lipinski definition) is 4. The van der Waals surface area contributed by atoms with Gasteiger partial charge in [0.25, 0.3) is 0 Å². The second kappa shape index (κ2) is 5.44. The summed E-state index contributed by atoms with van der Waals surface area (Å²) in [5.41, 5.74) is 1.04. The van der Waals surface area contributed by atoms with Crippen LogP contribution in [-0.4, -0.2) is 23.8 Å². The zero-order valence-corrected chi connectivity index (χ0v) is 8.70. The Balaban J connectivity index is 2.89. The molecule has 0 unspecified atom stereocenters. The quantitative estimate of drug-likeness (QED) is 0.609. The minimum atomic E-state index is -0.425. The molecule has 0 radical (unpaired) electrons. The molecule has 0 aliphatic heterocycles. The van der Waals surface area contributed by atoms with Crippen molar-refractivity contribution in [1.29, 1.82) is 0 Å². The van der Waals surface area contributed by atoms with Gasteiger partial charge in [0, 0.05) is 5.75 Å². The van der Waals surface area contributed by atoms with Crippen LogP contribution in [0.25, 0.3) is 6.08 Å². The molecule has 14 heavy (non-hydrogen) atoms. The van der Waals surface area contributed by atoms with E-state index in [1.54, 1.807) is 18.2 Å². The predicted molar refractivity (Wildman–Crippen MR) is 58.5 cm³/mol. The van der Waals surface area contributed by atoms with Crippen LogP contribution >= 0.6 is 12.6 Å². The Labute approximate surface area is 88.2 Å². The van der Waals surface area contributed by atoms with Crippen LogP contribution in [0.1, 0.15) is 16.2 Å². The first-order valence-corrected chi connectivity index (χ1v) is 4.74. The minimum Gasteiger partial charge on any atom is -0.464 e. The zero-order valence-electron chi connectivity index (χ0n) is 7.80. The summed E-state index contributed by atoms with van der Waals surface area (Å²) in [6.45, 7) is 0. The summed E-state index contributed by atoms with van der Waals surface area (Å²) in [7, 11) is 1.33. The maximum Gasteiger partial charge on any atom is 0.356 e. The van der Waals surface area contributed by atoms with Crippen molar-refractivity contribution in [2.45, 2.75) is 0 Å². The van der Waals surface area contributed by atoms with Crippen molar-refractivity contribution in [1.82, 2.24) is 4.98 Å². The van der Waals surface area contributed by atoms with Crippen LogP contribution in [0.2, 0.25) is 0 Å². The van der Waals surface area contributed by atoms with Gasteiger partial charge in [-0.15, -0.1) is 0 Å². The van der Waals surface area contributed by atoms with Gasteiger partial charge in [0.15, 0.2) is 0 Å². The molecule has 0 fully saturated rings. The maximum atomic E-state index is 11.1. The Bertz CT molecular complexity index is 350. The third-order valence-corrected chi connectivity index (χ3v) is 1.77. The average molecular weight is 209 g/mol. The fourth-order valence-electron chi connectivity index (χ4n) is 0.936. The summed E-state index contributed by atoms with van der Waals surface area (Å²) in [5, 5.41) is 0. The molecule has 0 N–H and O–H groups in total. The topological polar surface area (TPSA) is 39.2 Å². The van der Waals surface area contributed by atoms with E-state index in [0.717, 1.165) is 5.69 Å². The van der Waals surface area contributed by atoms with Crippen molar-refractivity contribution in [2.75, 3.05) is 12.9 Å². The van der Waals surface area contributed by atoms with Crippen molar-refractivity contribution < 1.29 is 9.53 Å². The minimum absolute atomic E-state index is 0.314. The Hall–Kier alpha value is -1.29. The van der Waals surface area contributed by atoms with Gasteiger partial charge >= 0.3 is 5.97 Å². The first kappa shape index (κ1) is 10.8. The Kier molecular flexibility index (Phi) is 4.19. The lowest BCUT2D eigenvalue weighted by molar-refractivity contribution is 0.0594. The van der Waals surface area contributed by atoms with E-state index in [1.165, 1.54) is 7.11 Å². The van der Waals surface area contributed by atoms with Crippen molar-refractivity contribution in [3.8, 4) is 0 Å². The van der Waals surface area contributed by atoms with Gasteiger partial charge in [-0.25, -0.2) is 9.78 Å². The Morgan fingerprint density at radius 2 is 2.43 bits per heavy atom. The summed E-state index contributed by atoms with van der Waals surface area (Å²) in [5.74, 6) is 0.218. The molecule has 0 spiro atoms. The molecule has 4 heteroatoms. The first-order chi connectivity index (χ1) is 6.77. The standard InChI is InChI=1S/C10H11NO2S/c1-13-10(12)9-6-2-4-8(11-9)5-3-7-14/h2-6,14H,7H2,1H3. The van der Waals surface area contributed by atoms with E-state index in [4.69, 9.17) is 0 Å². The van der Waals surface area contributed by atoms with Gasteiger partial charge in [-0.2, -0.15) is 12.6 Å². The fraction of sp³-hybridized carbons (Fsp3) is 0.200. The molecule has 0 saturated heterocycles. The first-order valence-electron chi connectivity index (χ1n) is 4.10. The van der Waals surface area contributed by atoms with Crippen molar-refractivity contribution in [2.24, 2.45) is 0 Å². The molecule has 0 aromatic carbocycles. The molecule has 3 nitrogen and oxygen atoms in total. The molecule has 0 amide bonds. The van der Waals surface area contributed by atoms with E-state index in [-0.39, 0.29) is 0 Å². The highest BCUT2D eigenvalue weighted by atomic mass is 32.1. The smallest absolute Gasteiger partial charge is 0.356 e. The molecule has 0 atom stereocenters. The van der Waals surface area contributed by atoms with Crippen LogP contribution in [-0.2, 0) is 4.74 Å². The summed E-state index contributed by atoms with van der Waals surface area (Å²) >= 11 is 4.03. The summed E-state index contributed by atoms with van der Waals surface area (Å²) in [6, 6.07) is 5.19. The molecular formula is C10H11NO2S. The van der Waals surface area contributed by atoms with Gasteiger partial charge in [-0.05, 0) is 18.2 Å². The molecule has 0 saturated carbocycles. The SMILES string of the molecule is COC(=O)c1cccc(C=CCS)n1. The summed E-state index contributed by atoms with van der Waals surface area (Å²) in [6.07, 6.45) is 3.66. The number of nitrogens with zero attached hydrogens (tertiary/aromatic N) is 1. The third kappa shape index (κ3) is 2.88. The Morgan fingerprint density at radius 1 is 1.64 bits per heavy atom. The van der Waals surface area contributed by atoms with E-state index in [1.807, 2.05) is 12.1 Å². The van der Waals surface area contributed by atoms with Crippen molar-refractivity contribution in [3.63, 3.8) is 0 Å². The second-order valence-electron chi connectivity index (χ2n) is 2.52. The number of carbonyl (C=O) groups is 1. The van der Waals surface area contributed by atoms with E-state index in [9.17, 15) is 4.79 Å². The number of rotatable bonds is 3. The van der Waals surface area contributed by atoms with Crippen molar-refractivity contribution in [3.05, 3.63) is 35.7 Å². The van der Waals surface area contributed by atoms with Crippen LogP contribution in [0.4, 0.5) is 0 Å². The zero-order chi connectivity index (χ0) is 10.4. The highest BCUT2D eigenvalue weighted by molar-refractivity contribution is 7.80.